The zero-order valence-electron chi connectivity index (χ0n) is 8.29. The number of benzene rings is 1. The van der Waals surface area contributed by atoms with Gasteiger partial charge >= 0.3 is 0 Å². The summed E-state index contributed by atoms with van der Waals surface area (Å²) >= 11 is 1.86. The highest BCUT2D eigenvalue weighted by molar-refractivity contribution is 7.99. The van der Waals surface area contributed by atoms with Gasteiger partial charge in [0, 0.05) is 10.9 Å². The normalized spacial score (nSPS) is 12.8. The lowest BCUT2D eigenvalue weighted by Crippen LogP contribution is -2.07. The molecule has 13 heavy (non-hydrogen) atoms. The summed E-state index contributed by atoms with van der Waals surface area (Å²) in [5.74, 6) is 1.12. The van der Waals surface area contributed by atoms with Crippen molar-refractivity contribution < 1.29 is 0 Å². The van der Waals surface area contributed by atoms with E-state index in [0.29, 0.717) is 0 Å². The molecule has 0 heterocycles. The molecule has 0 saturated carbocycles. The summed E-state index contributed by atoms with van der Waals surface area (Å²) < 4.78 is 0. The minimum atomic E-state index is 0.195. The van der Waals surface area contributed by atoms with E-state index < -0.39 is 0 Å². The van der Waals surface area contributed by atoms with Crippen LogP contribution in [0.4, 0.5) is 0 Å². The van der Waals surface area contributed by atoms with Crippen molar-refractivity contribution in [1.82, 2.24) is 0 Å². The molecule has 2 N–H and O–H groups in total. The average Bonchev–Trinajstić information content (AvgIpc) is 2.18. The van der Waals surface area contributed by atoms with Crippen molar-refractivity contribution in [2.24, 2.45) is 5.73 Å². The number of rotatable bonds is 4. The fourth-order valence-electron chi connectivity index (χ4n) is 1.21. The minimum absolute atomic E-state index is 0.195. The van der Waals surface area contributed by atoms with E-state index in [0.717, 1.165) is 12.2 Å². The molecule has 1 aromatic rings. The fraction of sp³-hybridized carbons (Fsp3) is 0.455. The van der Waals surface area contributed by atoms with Crippen LogP contribution in [-0.4, -0.2) is 5.75 Å². The van der Waals surface area contributed by atoms with Crippen LogP contribution < -0.4 is 5.73 Å². The highest BCUT2D eigenvalue weighted by atomic mass is 32.2. The van der Waals surface area contributed by atoms with Crippen molar-refractivity contribution in [2.45, 2.75) is 31.2 Å². The molecule has 0 spiro atoms. The molecule has 0 aliphatic heterocycles. The first-order chi connectivity index (χ1) is 6.27. The molecule has 1 atom stereocenters. The van der Waals surface area contributed by atoms with E-state index >= 15 is 0 Å². The highest BCUT2D eigenvalue weighted by Crippen LogP contribution is 2.20. The van der Waals surface area contributed by atoms with Gasteiger partial charge in [0.1, 0.15) is 0 Å². The summed E-state index contributed by atoms with van der Waals surface area (Å²) in [6.07, 6.45) is 1.00. The Morgan fingerprint density at radius 1 is 1.23 bits per heavy atom. The lowest BCUT2D eigenvalue weighted by Gasteiger charge is -2.09. The SMILES string of the molecule is CCSc1ccc([C@@H](N)CC)cc1. The van der Waals surface area contributed by atoms with E-state index in [-0.39, 0.29) is 6.04 Å². The monoisotopic (exact) mass is 195 g/mol. The van der Waals surface area contributed by atoms with Crippen LogP contribution in [0.25, 0.3) is 0 Å². The third-order valence-corrected chi connectivity index (χ3v) is 2.95. The largest absolute Gasteiger partial charge is 0.324 e. The third kappa shape index (κ3) is 3.05. The topological polar surface area (TPSA) is 26.0 Å². The first kappa shape index (κ1) is 10.6. The molecule has 0 aliphatic rings. The molecule has 0 aliphatic carbocycles. The second kappa shape index (κ2) is 5.30. The molecule has 1 rings (SSSR count). The Morgan fingerprint density at radius 2 is 1.85 bits per heavy atom. The van der Waals surface area contributed by atoms with E-state index in [4.69, 9.17) is 5.73 Å². The van der Waals surface area contributed by atoms with Gasteiger partial charge in [-0.2, -0.15) is 0 Å². The van der Waals surface area contributed by atoms with Crippen molar-refractivity contribution in [3.05, 3.63) is 29.8 Å². The van der Waals surface area contributed by atoms with Crippen LogP contribution in [0, 0.1) is 0 Å². The molecule has 1 nitrogen and oxygen atoms in total. The van der Waals surface area contributed by atoms with E-state index in [9.17, 15) is 0 Å². The van der Waals surface area contributed by atoms with Gasteiger partial charge in [-0.1, -0.05) is 26.0 Å². The number of hydrogen-bond donors (Lipinski definition) is 1. The molecule has 0 unspecified atom stereocenters. The Bertz CT molecular complexity index is 243. The van der Waals surface area contributed by atoms with Gasteiger partial charge in [0.2, 0.25) is 0 Å². The standard InChI is InChI=1S/C11H17NS/c1-3-11(12)9-5-7-10(8-6-9)13-4-2/h5-8,11H,3-4,12H2,1-2H3/t11-/m0/s1. The first-order valence-corrected chi connectivity index (χ1v) is 5.74. The second-order valence-electron chi connectivity index (χ2n) is 3.02. The van der Waals surface area contributed by atoms with Crippen LogP contribution in [0.1, 0.15) is 31.9 Å². The number of nitrogens with two attached hydrogens (primary N) is 1. The molecular formula is C11H17NS. The summed E-state index contributed by atoms with van der Waals surface area (Å²) in [7, 11) is 0. The Kier molecular flexibility index (Phi) is 4.33. The molecule has 0 fully saturated rings. The molecule has 0 bridgehead atoms. The lowest BCUT2D eigenvalue weighted by atomic mass is 10.1. The summed E-state index contributed by atoms with van der Waals surface area (Å²) in [5.41, 5.74) is 7.15. The zero-order valence-corrected chi connectivity index (χ0v) is 9.10. The molecule has 0 radical (unpaired) electrons. The molecule has 0 aromatic heterocycles. The van der Waals surface area contributed by atoms with Gasteiger partial charge in [-0.05, 0) is 29.9 Å². The zero-order chi connectivity index (χ0) is 9.68. The maximum atomic E-state index is 5.91. The van der Waals surface area contributed by atoms with Gasteiger partial charge in [0.05, 0.1) is 0 Å². The Morgan fingerprint density at radius 3 is 2.31 bits per heavy atom. The van der Waals surface area contributed by atoms with Crippen LogP contribution in [0.15, 0.2) is 29.2 Å². The maximum absolute atomic E-state index is 5.91. The summed E-state index contributed by atoms with van der Waals surface area (Å²) in [6.45, 7) is 4.27. The van der Waals surface area contributed by atoms with E-state index in [2.05, 4.69) is 38.1 Å². The predicted octanol–water partition coefficient (Wildman–Crippen LogP) is 3.21. The van der Waals surface area contributed by atoms with Crippen LogP contribution in [-0.2, 0) is 0 Å². The molecule has 72 valence electrons. The summed E-state index contributed by atoms with van der Waals surface area (Å²) in [5, 5.41) is 0. The van der Waals surface area contributed by atoms with Crippen LogP contribution in [0.5, 0.6) is 0 Å². The second-order valence-corrected chi connectivity index (χ2v) is 4.35. The van der Waals surface area contributed by atoms with Gasteiger partial charge in [0.15, 0.2) is 0 Å². The third-order valence-electron chi connectivity index (χ3n) is 2.06. The summed E-state index contributed by atoms with van der Waals surface area (Å²) in [4.78, 5) is 1.33. The summed E-state index contributed by atoms with van der Waals surface area (Å²) in [6, 6.07) is 8.76. The van der Waals surface area contributed by atoms with Crippen LogP contribution in [0.3, 0.4) is 0 Å². The van der Waals surface area contributed by atoms with Crippen molar-refractivity contribution in [3.8, 4) is 0 Å². The van der Waals surface area contributed by atoms with Gasteiger partial charge < -0.3 is 5.73 Å². The van der Waals surface area contributed by atoms with Gasteiger partial charge in [-0.25, -0.2) is 0 Å². The van der Waals surface area contributed by atoms with Crippen LogP contribution in [0.2, 0.25) is 0 Å². The molecule has 0 amide bonds. The predicted molar refractivity (Wildman–Crippen MR) is 60.1 cm³/mol. The smallest absolute Gasteiger partial charge is 0.0292 e. The number of hydrogen-bond acceptors (Lipinski definition) is 2. The van der Waals surface area contributed by atoms with Gasteiger partial charge in [-0.15, -0.1) is 11.8 Å². The van der Waals surface area contributed by atoms with Crippen molar-refractivity contribution >= 4 is 11.8 Å². The van der Waals surface area contributed by atoms with Gasteiger partial charge in [0.25, 0.3) is 0 Å². The molecule has 2 heteroatoms. The lowest BCUT2D eigenvalue weighted by molar-refractivity contribution is 0.698. The van der Waals surface area contributed by atoms with Gasteiger partial charge in [-0.3, -0.25) is 0 Å². The van der Waals surface area contributed by atoms with E-state index in [1.165, 1.54) is 10.5 Å². The Balaban J connectivity index is 2.69. The number of thioether (sulfide) groups is 1. The fourth-order valence-corrected chi connectivity index (χ4v) is 1.88. The van der Waals surface area contributed by atoms with Crippen LogP contribution >= 0.6 is 11.8 Å². The highest BCUT2D eigenvalue weighted by Gasteiger charge is 2.01. The Labute approximate surface area is 84.7 Å². The molecule has 0 saturated heterocycles. The van der Waals surface area contributed by atoms with Crippen molar-refractivity contribution in [2.75, 3.05) is 5.75 Å². The first-order valence-electron chi connectivity index (χ1n) is 4.76. The molecule has 1 aromatic carbocycles. The van der Waals surface area contributed by atoms with E-state index in [1.807, 2.05) is 11.8 Å². The maximum Gasteiger partial charge on any atom is 0.0292 e. The van der Waals surface area contributed by atoms with E-state index in [1.54, 1.807) is 0 Å². The van der Waals surface area contributed by atoms with Crippen molar-refractivity contribution in [3.63, 3.8) is 0 Å². The molecular weight excluding hydrogens is 178 g/mol. The quantitative estimate of drug-likeness (QED) is 0.747. The minimum Gasteiger partial charge on any atom is -0.324 e. The average molecular weight is 195 g/mol. The van der Waals surface area contributed by atoms with Crippen molar-refractivity contribution in [1.29, 1.82) is 0 Å². The Hall–Kier alpha value is -0.470.